The van der Waals surface area contributed by atoms with Crippen molar-refractivity contribution in [2.75, 3.05) is 13.1 Å². The SMILES string of the molecule is Cc1cnc([S@](=O)[C@H]2CCN(C(=O)OC(C)(C)C)C2)nc1Cl. The number of aryl methyl sites for hydroxylation is 1. The van der Waals surface area contributed by atoms with Gasteiger partial charge in [-0.25, -0.2) is 14.8 Å². The van der Waals surface area contributed by atoms with E-state index in [2.05, 4.69) is 9.97 Å². The molecule has 0 aliphatic carbocycles. The number of hydrogen-bond acceptors (Lipinski definition) is 5. The maximum absolute atomic E-state index is 12.5. The molecule has 1 aliphatic rings. The van der Waals surface area contributed by atoms with Crippen molar-refractivity contribution in [2.45, 2.75) is 50.1 Å². The second-order valence-electron chi connectivity index (χ2n) is 6.26. The number of ether oxygens (including phenoxy) is 1. The summed E-state index contributed by atoms with van der Waals surface area (Å²) in [5.41, 5.74) is 0.200. The molecule has 2 heterocycles. The predicted octanol–water partition coefficient (Wildman–Crippen LogP) is 2.56. The Bertz CT molecular complexity index is 603. The summed E-state index contributed by atoms with van der Waals surface area (Å²) in [5.74, 6) is 0. The van der Waals surface area contributed by atoms with E-state index in [9.17, 15) is 9.00 Å². The van der Waals surface area contributed by atoms with Crippen LogP contribution in [-0.4, -0.2) is 49.1 Å². The molecular weight excluding hydrogens is 326 g/mol. The minimum atomic E-state index is -1.39. The molecule has 0 bridgehead atoms. The Balaban J connectivity index is 2.02. The van der Waals surface area contributed by atoms with Gasteiger partial charge in [-0.2, -0.15) is 0 Å². The Morgan fingerprint density at radius 1 is 1.50 bits per heavy atom. The van der Waals surface area contributed by atoms with Gasteiger partial charge in [-0.3, -0.25) is 4.21 Å². The third-order valence-electron chi connectivity index (χ3n) is 3.17. The minimum Gasteiger partial charge on any atom is -0.444 e. The average molecular weight is 346 g/mol. The Morgan fingerprint density at radius 2 is 2.18 bits per heavy atom. The van der Waals surface area contributed by atoms with Crippen molar-refractivity contribution >= 4 is 28.5 Å². The fourth-order valence-corrected chi connectivity index (χ4v) is 3.50. The zero-order valence-electron chi connectivity index (χ0n) is 13.1. The number of halogens is 1. The normalized spacial score (nSPS) is 20.0. The van der Waals surface area contributed by atoms with Gasteiger partial charge in [0.15, 0.2) is 0 Å². The van der Waals surface area contributed by atoms with Crippen molar-refractivity contribution in [1.29, 1.82) is 0 Å². The summed E-state index contributed by atoms with van der Waals surface area (Å²) >= 11 is 5.95. The van der Waals surface area contributed by atoms with E-state index in [0.29, 0.717) is 24.7 Å². The predicted molar refractivity (Wildman–Crippen MR) is 84.4 cm³/mol. The smallest absolute Gasteiger partial charge is 0.410 e. The lowest BCUT2D eigenvalue weighted by Gasteiger charge is -2.24. The number of carbonyl (C=O) groups is 1. The standard InChI is InChI=1S/C14H20ClN3O3S/c1-9-7-16-12(17-11(9)15)22(20)10-5-6-18(8-10)13(19)21-14(2,3)4/h7,10H,5-6,8H2,1-4H3/t10-,22+/m0/s1. The van der Waals surface area contributed by atoms with Crippen molar-refractivity contribution < 1.29 is 13.7 Å². The number of nitrogens with zero attached hydrogens (tertiary/aromatic N) is 3. The number of hydrogen-bond donors (Lipinski definition) is 0. The molecule has 1 amide bonds. The second-order valence-corrected chi connectivity index (χ2v) is 8.25. The highest BCUT2D eigenvalue weighted by Crippen LogP contribution is 2.22. The molecule has 1 aromatic heterocycles. The molecule has 1 aromatic rings. The molecular formula is C14H20ClN3O3S. The Labute approximate surface area is 137 Å². The van der Waals surface area contributed by atoms with Crippen LogP contribution in [0.15, 0.2) is 11.4 Å². The highest BCUT2D eigenvalue weighted by atomic mass is 35.5. The van der Waals surface area contributed by atoms with Crippen LogP contribution in [0.5, 0.6) is 0 Å². The Morgan fingerprint density at radius 3 is 2.77 bits per heavy atom. The van der Waals surface area contributed by atoms with Gasteiger partial charge >= 0.3 is 6.09 Å². The molecule has 0 saturated carbocycles. The van der Waals surface area contributed by atoms with Crippen LogP contribution >= 0.6 is 11.6 Å². The first-order valence-electron chi connectivity index (χ1n) is 7.05. The summed E-state index contributed by atoms with van der Waals surface area (Å²) in [6.07, 6.45) is 1.80. The lowest BCUT2D eigenvalue weighted by molar-refractivity contribution is 0.0295. The fourth-order valence-electron chi connectivity index (χ4n) is 2.05. The van der Waals surface area contributed by atoms with Gasteiger partial charge in [-0.15, -0.1) is 0 Å². The van der Waals surface area contributed by atoms with Crippen molar-refractivity contribution in [3.05, 3.63) is 16.9 Å². The van der Waals surface area contributed by atoms with E-state index in [4.69, 9.17) is 16.3 Å². The largest absolute Gasteiger partial charge is 0.444 e. The number of amides is 1. The average Bonchev–Trinajstić information content (AvgIpc) is 2.89. The topological polar surface area (TPSA) is 72.4 Å². The molecule has 1 fully saturated rings. The molecule has 2 atom stereocenters. The summed E-state index contributed by atoms with van der Waals surface area (Å²) in [4.78, 5) is 21.7. The van der Waals surface area contributed by atoms with Crippen LogP contribution in [0.4, 0.5) is 4.79 Å². The number of likely N-dealkylation sites (tertiary alicyclic amines) is 1. The number of carbonyl (C=O) groups excluding carboxylic acids is 1. The van der Waals surface area contributed by atoms with E-state index in [-0.39, 0.29) is 16.5 Å². The van der Waals surface area contributed by atoms with Crippen LogP contribution in [0.2, 0.25) is 5.15 Å². The monoisotopic (exact) mass is 345 g/mol. The van der Waals surface area contributed by atoms with Crippen LogP contribution in [0.1, 0.15) is 32.8 Å². The van der Waals surface area contributed by atoms with Gasteiger partial charge in [0, 0.05) is 24.8 Å². The first-order valence-corrected chi connectivity index (χ1v) is 8.64. The van der Waals surface area contributed by atoms with Crippen LogP contribution in [-0.2, 0) is 15.5 Å². The summed E-state index contributed by atoms with van der Waals surface area (Å²) in [7, 11) is -1.39. The van der Waals surface area contributed by atoms with E-state index in [1.165, 1.54) is 0 Å². The van der Waals surface area contributed by atoms with Gasteiger partial charge in [-0.1, -0.05) is 11.6 Å². The first kappa shape index (κ1) is 17.1. The van der Waals surface area contributed by atoms with Gasteiger partial charge in [-0.05, 0) is 34.1 Å². The van der Waals surface area contributed by atoms with Crippen molar-refractivity contribution in [1.82, 2.24) is 14.9 Å². The minimum absolute atomic E-state index is 0.203. The maximum Gasteiger partial charge on any atom is 0.410 e. The lowest BCUT2D eigenvalue weighted by Crippen LogP contribution is -2.36. The molecule has 1 aliphatic heterocycles. The zero-order chi connectivity index (χ0) is 16.5. The zero-order valence-corrected chi connectivity index (χ0v) is 14.7. The molecule has 122 valence electrons. The third-order valence-corrected chi connectivity index (χ3v) is 5.10. The Kier molecular flexibility index (Phi) is 5.07. The van der Waals surface area contributed by atoms with Gasteiger partial charge < -0.3 is 9.64 Å². The molecule has 0 N–H and O–H groups in total. The number of rotatable bonds is 2. The molecule has 1 saturated heterocycles. The molecule has 6 nitrogen and oxygen atoms in total. The van der Waals surface area contributed by atoms with Gasteiger partial charge in [0.05, 0.1) is 16.0 Å². The molecule has 2 rings (SSSR count). The summed E-state index contributed by atoms with van der Waals surface area (Å²) < 4.78 is 17.8. The van der Waals surface area contributed by atoms with Crippen molar-refractivity contribution in [2.24, 2.45) is 0 Å². The van der Waals surface area contributed by atoms with Crippen molar-refractivity contribution in [3.63, 3.8) is 0 Å². The quantitative estimate of drug-likeness (QED) is 0.608. The lowest BCUT2D eigenvalue weighted by atomic mass is 10.2. The molecule has 0 radical (unpaired) electrons. The highest BCUT2D eigenvalue weighted by molar-refractivity contribution is 7.85. The first-order chi connectivity index (χ1) is 10.2. The van der Waals surface area contributed by atoms with E-state index >= 15 is 0 Å². The van der Waals surface area contributed by atoms with Crippen LogP contribution in [0, 0.1) is 6.92 Å². The second kappa shape index (κ2) is 6.50. The number of aromatic nitrogens is 2. The summed E-state index contributed by atoms with van der Waals surface area (Å²) in [6.45, 7) is 8.13. The fraction of sp³-hybridized carbons (Fsp3) is 0.643. The molecule has 0 unspecified atom stereocenters. The highest BCUT2D eigenvalue weighted by Gasteiger charge is 2.34. The molecule has 0 spiro atoms. The molecule has 0 aromatic carbocycles. The van der Waals surface area contributed by atoms with Gasteiger partial charge in [0.25, 0.3) is 0 Å². The van der Waals surface area contributed by atoms with Gasteiger partial charge in [0.2, 0.25) is 5.16 Å². The molecule has 22 heavy (non-hydrogen) atoms. The van der Waals surface area contributed by atoms with Gasteiger partial charge in [0.1, 0.15) is 10.8 Å². The van der Waals surface area contributed by atoms with Crippen LogP contribution < -0.4 is 0 Å². The van der Waals surface area contributed by atoms with E-state index in [0.717, 1.165) is 5.56 Å². The maximum atomic E-state index is 12.5. The van der Waals surface area contributed by atoms with Crippen LogP contribution in [0.3, 0.4) is 0 Å². The summed E-state index contributed by atoms with van der Waals surface area (Å²) in [6, 6.07) is 0. The van der Waals surface area contributed by atoms with E-state index in [1.54, 1.807) is 18.0 Å². The summed E-state index contributed by atoms with van der Waals surface area (Å²) in [5, 5.41) is 0.318. The van der Waals surface area contributed by atoms with E-state index < -0.39 is 16.4 Å². The third kappa shape index (κ3) is 4.16. The molecule has 8 heteroatoms. The van der Waals surface area contributed by atoms with Crippen molar-refractivity contribution in [3.8, 4) is 0 Å². The van der Waals surface area contributed by atoms with Crippen LogP contribution in [0.25, 0.3) is 0 Å². The Hall–Kier alpha value is -1.21. The van der Waals surface area contributed by atoms with E-state index in [1.807, 2.05) is 20.8 Å².